The van der Waals surface area contributed by atoms with Crippen LogP contribution in [0.1, 0.15) is 43.4 Å². The Kier molecular flexibility index (Phi) is 5.07. The molecule has 0 radical (unpaired) electrons. The minimum Gasteiger partial charge on any atom is -0.310 e. The smallest absolute Gasteiger partial charge is 0.243 e. The molecule has 0 unspecified atom stereocenters. The highest BCUT2D eigenvalue weighted by Crippen LogP contribution is 2.25. The summed E-state index contributed by atoms with van der Waals surface area (Å²) in [6.45, 7) is 9.38. The summed E-state index contributed by atoms with van der Waals surface area (Å²) >= 11 is 0. The van der Waals surface area contributed by atoms with E-state index in [4.69, 9.17) is 0 Å². The van der Waals surface area contributed by atoms with Gasteiger partial charge in [-0.05, 0) is 49.4 Å². The summed E-state index contributed by atoms with van der Waals surface area (Å²) in [5, 5.41) is 3.45. The van der Waals surface area contributed by atoms with Gasteiger partial charge in [0.25, 0.3) is 0 Å². The van der Waals surface area contributed by atoms with Crippen LogP contribution in [0.4, 0.5) is 0 Å². The van der Waals surface area contributed by atoms with E-state index in [1.54, 1.807) is 0 Å². The predicted octanol–water partition coefficient (Wildman–Crippen LogP) is 2.59. The number of nitrogens with zero attached hydrogens (tertiary/aromatic N) is 1. The van der Waals surface area contributed by atoms with E-state index < -0.39 is 10.0 Å². The van der Waals surface area contributed by atoms with Crippen molar-refractivity contribution in [2.75, 3.05) is 13.1 Å². The van der Waals surface area contributed by atoms with Gasteiger partial charge in [-0.15, -0.1) is 0 Å². The first-order valence-electron chi connectivity index (χ1n) is 7.73. The molecular formula is C16H26N2O2S. The Morgan fingerprint density at radius 3 is 2.33 bits per heavy atom. The van der Waals surface area contributed by atoms with Gasteiger partial charge in [-0.25, -0.2) is 8.42 Å². The molecule has 5 heteroatoms. The number of nitrogens with one attached hydrogen (secondary N) is 1. The fourth-order valence-corrected chi connectivity index (χ4v) is 4.33. The van der Waals surface area contributed by atoms with Gasteiger partial charge in [0.05, 0.1) is 4.90 Å². The van der Waals surface area contributed by atoms with Gasteiger partial charge in [-0.1, -0.05) is 19.9 Å². The maximum absolute atomic E-state index is 12.8. The highest BCUT2D eigenvalue weighted by molar-refractivity contribution is 7.89. The Morgan fingerprint density at radius 2 is 1.81 bits per heavy atom. The number of hydrogen-bond acceptors (Lipinski definition) is 3. The molecule has 118 valence electrons. The Morgan fingerprint density at radius 1 is 1.19 bits per heavy atom. The number of rotatable bonds is 7. The van der Waals surface area contributed by atoms with Crippen molar-refractivity contribution in [3.05, 3.63) is 28.8 Å². The zero-order valence-electron chi connectivity index (χ0n) is 13.4. The molecule has 0 aliphatic heterocycles. The SMILES string of the molecule is CCN(CC)S(=O)(=O)c1cc(CNC2CC2)cc(C)c1C. The van der Waals surface area contributed by atoms with Crippen LogP contribution in [-0.4, -0.2) is 31.9 Å². The van der Waals surface area contributed by atoms with Gasteiger partial charge in [-0.2, -0.15) is 4.31 Å². The molecule has 1 aromatic carbocycles. The monoisotopic (exact) mass is 310 g/mol. The zero-order chi connectivity index (χ0) is 15.6. The van der Waals surface area contributed by atoms with E-state index in [2.05, 4.69) is 11.4 Å². The summed E-state index contributed by atoms with van der Waals surface area (Å²) < 4.78 is 27.1. The van der Waals surface area contributed by atoms with E-state index in [9.17, 15) is 8.42 Å². The Hall–Kier alpha value is -0.910. The maximum Gasteiger partial charge on any atom is 0.243 e. The number of hydrogen-bond donors (Lipinski definition) is 1. The van der Waals surface area contributed by atoms with Crippen molar-refractivity contribution in [1.82, 2.24) is 9.62 Å². The average Bonchev–Trinajstić information content (AvgIpc) is 3.25. The third-order valence-corrected chi connectivity index (χ3v) is 6.35. The van der Waals surface area contributed by atoms with Gasteiger partial charge in [0.2, 0.25) is 10.0 Å². The lowest BCUT2D eigenvalue weighted by atomic mass is 10.1. The molecule has 0 heterocycles. The van der Waals surface area contributed by atoms with Crippen molar-refractivity contribution in [3.8, 4) is 0 Å². The Bertz CT molecular complexity index is 603. The third kappa shape index (κ3) is 3.65. The van der Waals surface area contributed by atoms with Crippen LogP contribution in [-0.2, 0) is 16.6 Å². The Balaban J connectivity index is 2.36. The Labute approximate surface area is 128 Å². The largest absolute Gasteiger partial charge is 0.310 e. The highest BCUT2D eigenvalue weighted by atomic mass is 32.2. The minimum atomic E-state index is -3.39. The lowest BCUT2D eigenvalue weighted by molar-refractivity contribution is 0.444. The minimum absolute atomic E-state index is 0.457. The molecule has 1 fully saturated rings. The zero-order valence-corrected chi connectivity index (χ0v) is 14.3. The number of sulfonamides is 1. The summed E-state index contributed by atoms with van der Waals surface area (Å²) in [6.07, 6.45) is 2.46. The molecule has 0 amide bonds. The highest BCUT2D eigenvalue weighted by Gasteiger charge is 2.25. The van der Waals surface area contributed by atoms with Crippen molar-refractivity contribution >= 4 is 10.0 Å². The topological polar surface area (TPSA) is 49.4 Å². The van der Waals surface area contributed by atoms with Crippen molar-refractivity contribution in [3.63, 3.8) is 0 Å². The van der Waals surface area contributed by atoms with Crippen molar-refractivity contribution < 1.29 is 8.42 Å². The van der Waals surface area contributed by atoms with Crippen LogP contribution in [0, 0.1) is 13.8 Å². The first kappa shape index (κ1) is 16.5. The summed E-state index contributed by atoms with van der Waals surface area (Å²) in [5.74, 6) is 0. The van der Waals surface area contributed by atoms with Gasteiger partial charge in [0.15, 0.2) is 0 Å². The van der Waals surface area contributed by atoms with E-state index in [0.29, 0.717) is 24.0 Å². The van der Waals surface area contributed by atoms with Crippen LogP contribution in [0.25, 0.3) is 0 Å². The molecule has 0 bridgehead atoms. The molecule has 1 aliphatic carbocycles. The molecule has 0 aromatic heterocycles. The second-order valence-corrected chi connectivity index (χ2v) is 7.69. The molecule has 0 saturated heterocycles. The van der Waals surface area contributed by atoms with Crippen molar-refractivity contribution in [2.45, 2.75) is 58.0 Å². The molecular weight excluding hydrogens is 284 g/mol. The van der Waals surface area contributed by atoms with E-state index in [1.165, 1.54) is 17.1 Å². The van der Waals surface area contributed by atoms with E-state index in [0.717, 1.165) is 23.2 Å². The van der Waals surface area contributed by atoms with Crippen LogP contribution in [0.2, 0.25) is 0 Å². The maximum atomic E-state index is 12.8. The van der Waals surface area contributed by atoms with Gasteiger partial charge in [0, 0.05) is 25.7 Å². The number of aryl methyl sites for hydroxylation is 1. The van der Waals surface area contributed by atoms with Crippen LogP contribution in [0.5, 0.6) is 0 Å². The molecule has 1 aromatic rings. The first-order chi connectivity index (χ1) is 9.90. The third-order valence-electron chi connectivity index (χ3n) is 4.17. The fraction of sp³-hybridized carbons (Fsp3) is 0.625. The summed E-state index contributed by atoms with van der Waals surface area (Å²) in [5.41, 5.74) is 2.95. The van der Waals surface area contributed by atoms with Crippen molar-refractivity contribution in [2.24, 2.45) is 0 Å². The lowest BCUT2D eigenvalue weighted by Crippen LogP contribution is -2.31. The summed E-state index contributed by atoms with van der Waals surface area (Å²) in [4.78, 5) is 0.457. The quantitative estimate of drug-likeness (QED) is 0.842. The molecule has 0 atom stereocenters. The van der Waals surface area contributed by atoms with Gasteiger partial charge in [0.1, 0.15) is 0 Å². The van der Waals surface area contributed by atoms with Gasteiger partial charge in [-0.3, -0.25) is 0 Å². The molecule has 21 heavy (non-hydrogen) atoms. The second kappa shape index (κ2) is 6.46. The van der Waals surface area contributed by atoms with Crippen LogP contribution in [0.3, 0.4) is 0 Å². The van der Waals surface area contributed by atoms with Crippen LogP contribution in [0.15, 0.2) is 17.0 Å². The summed E-state index contributed by atoms with van der Waals surface area (Å²) in [7, 11) is -3.39. The molecule has 2 rings (SSSR count). The van der Waals surface area contributed by atoms with E-state index >= 15 is 0 Å². The lowest BCUT2D eigenvalue weighted by Gasteiger charge is -2.21. The summed E-state index contributed by atoms with van der Waals surface area (Å²) in [6, 6.07) is 4.55. The molecule has 1 saturated carbocycles. The van der Waals surface area contributed by atoms with E-state index in [-0.39, 0.29) is 0 Å². The first-order valence-corrected chi connectivity index (χ1v) is 9.17. The average molecular weight is 310 g/mol. The standard InChI is InChI=1S/C16H26N2O2S/c1-5-18(6-2)21(19,20)16-10-14(9-12(3)13(16)4)11-17-15-7-8-15/h9-10,15,17H,5-8,11H2,1-4H3. The van der Waals surface area contributed by atoms with Gasteiger partial charge >= 0.3 is 0 Å². The van der Waals surface area contributed by atoms with Crippen molar-refractivity contribution in [1.29, 1.82) is 0 Å². The van der Waals surface area contributed by atoms with Crippen LogP contribution >= 0.6 is 0 Å². The molecule has 0 spiro atoms. The molecule has 4 nitrogen and oxygen atoms in total. The predicted molar refractivity (Wildman–Crippen MR) is 85.9 cm³/mol. The molecule has 1 aliphatic rings. The fourth-order valence-electron chi connectivity index (χ4n) is 2.52. The van der Waals surface area contributed by atoms with E-state index in [1.807, 2.05) is 33.8 Å². The van der Waals surface area contributed by atoms with Crippen LogP contribution < -0.4 is 5.32 Å². The molecule has 1 N–H and O–H groups in total. The normalized spacial score (nSPS) is 15.7. The van der Waals surface area contributed by atoms with Gasteiger partial charge < -0.3 is 5.32 Å². The number of benzene rings is 1. The second-order valence-electron chi connectivity index (χ2n) is 5.78.